The van der Waals surface area contributed by atoms with Gasteiger partial charge >= 0.3 is 5.97 Å². The van der Waals surface area contributed by atoms with Crippen LogP contribution in [0.25, 0.3) is 0 Å². The summed E-state index contributed by atoms with van der Waals surface area (Å²) in [6.07, 6.45) is 49.6. The van der Waals surface area contributed by atoms with Gasteiger partial charge in [0, 0.05) is 12.8 Å². The maximum Gasteiger partial charge on any atom is 0.305 e. The summed E-state index contributed by atoms with van der Waals surface area (Å²) in [5.74, 6) is -0.205. The quantitative estimate of drug-likeness (QED) is 0.0195. The molecule has 1 rings (SSSR count). The Morgan fingerprint density at radius 1 is 0.514 bits per heavy atom. The molecule has 7 unspecified atom stereocenters. The fourth-order valence-corrected chi connectivity index (χ4v) is 9.00. The SMILES string of the molecule is CCCC/C=C\CCCCCCCC(=O)OCCCCCCCCCCCCC/C=C\CCCCCCCCCC(=O)NC(COC1OC(CO)C(O)C(O)C1O)C(O)/C=C/CCCCCCCCC. The molecule has 11 heteroatoms. The number of nitrogens with one attached hydrogen (secondary N) is 1. The van der Waals surface area contributed by atoms with Crippen LogP contribution in [0.3, 0.4) is 0 Å². The normalized spacial score (nSPS) is 19.4. The Kier molecular flexibility index (Phi) is 46.2. The standard InChI is InChI=1S/C59H109NO10/c1-3-5-7-9-11-13-26-31-35-39-43-47-55(64)68-48-44-40-36-32-28-25-23-21-19-17-15-14-16-18-20-22-24-27-30-34-38-42-46-54(63)60-51(52(62)45-41-37-33-29-12-10-8-6-4-2)50-69-59-58(67)57(66)56(65)53(49-61)70-59/h9,11,16,18,41,45,51-53,56-59,61-62,65-67H,3-8,10,12-15,17,19-40,42-44,46-50H2,1-2H3,(H,60,63)/b11-9-,18-16-,45-41+. The Labute approximate surface area is 428 Å². The highest BCUT2D eigenvalue weighted by molar-refractivity contribution is 5.76. The summed E-state index contributed by atoms with van der Waals surface area (Å²) >= 11 is 0. The summed E-state index contributed by atoms with van der Waals surface area (Å²) in [7, 11) is 0. The number of hydrogen-bond acceptors (Lipinski definition) is 10. The van der Waals surface area contributed by atoms with Crippen molar-refractivity contribution in [3.8, 4) is 0 Å². The van der Waals surface area contributed by atoms with Gasteiger partial charge in [0.15, 0.2) is 6.29 Å². The van der Waals surface area contributed by atoms with E-state index in [1.54, 1.807) is 6.08 Å². The predicted octanol–water partition coefficient (Wildman–Crippen LogP) is 13.1. The van der Waals surface area contributed by atoms with Gasteiger partial charge in [0.2, 0.25) is 5.91 Å². The number of hydrogen-bond donors (Lipinski definition) is 6. The third-order valence-electron chi connectivity index (χ3n) is 13.7. The average Bonchev–Trinajstić information content (AvgIpc) is 3.36. The van der Waals surface area contributed by atoms with E-state index in [9.17, 15) is 35.1 Å². The number of carbonyl (C=O) groups is 2. The number of carbonyl (C=O) groups excluding carboxylic acids is 2. The molecule has 0 radical (unpaired) electrons. The van der Waals surface area contributed by atoms with Crippen LogP contribution in [0.15, 0.2) is 36.5 Å². The van der Waals surface area contributed by atoms with Crippen molar-refractivity contribution in [2.24, 2.45) is 0 Å². The zero-order valence-electron chi connectivity index (χ0n) is 45.0. The van der Waals surface area contributed by atoms with Crippen molar-refractivity contribution in [1.29, 1.82) is 0 Å². The third kappa shape index (κ3) is 38.5. The van der Waals surface area contributed by atoms with Crippen LogP contribution < -0.4 is 5.32 Å². The number of allylic oxidation sites excluding steroid dienone is 5. The fraction of sp³-hybridized carbons (Fsp3) is 0.864. The number of ether oxygens (including phenoxy) is 3. The van der Waals surface area contributed by atoms with Gasteiger partial charge in [0.25, 0.3) is 0 Å². The zero-order chi connectivity index (χ0) is 51.0. The van der Waals surface area contributed by atoms with Crippen LogP contribution in [-0.4, -0.2) is 100 Å². The molecule has 7 atom stereocenters. The van der Waals surface area contributed by atoms with E-state index in [0.29, 0.717) is 19.4 Å². The molecule has 1 aliphatic rings. The van der Waals surface area contributed by atoms with E-state index in [-0.39, 0.29) is 18.5 Å². The van der Waals surface area contributed by atoms with Crippen molar-refractivity contribution in [3.05, 3.63) is 36.5 Å². The molecular formula is C59H109NO10. The van der Waals surface area contributed by atoms with Gasteiger partial charge in [-0.2, -0.15) is 0 Å². The number of rotatable bonds is 50. The summed E-state index contributed by atoms with van der Waals surface area (Å²) in [5.41, 5.74) is 0. The van der Waals surface area contributed by atoms with Crippen LogP contribution >= 0.6 is 0 Å². The van der Waals surface area contributed by atoms with Crippen LogP contribution in [0.1, 0.15) is 264 Å². The molecule has 70 heavy (non-hydrogen) atoms. The van der Waals surface area contributed by atoms with E-state index >= 15 is 0 Å². The molecule has 0 saturated carbocycles. The molecule has 11 nitrogen and oxygen atoms in total. The van der Waals surface area contributed by atoms with Crippen molar-refractivity contribution in [2.45, 2.75) is 307 Å². The van der Waals surface area contributed by atoms with Crippen LogP contribution in [0, 0.1) is 0 Å². The van der Waals surface area contributed by atoms with Gasteiger partial charge in [0.1, 0.15) is 24.4 Å². The molecule has 1 heterocycles. The molecule has 0 spiro atoms. The van der Waals surface area contributed by atoms with E-state index in [2.05, 4.69) is 43.5 Å². The molecule has 0 aromatic rings. The van der Waals surface area contributed by atoms with Gasteiger partial charge in [-0.05, 0) is 77.0 Å². The second kappa shape index (κ2) is 49.1. The maximum absolute atomic E-state index is 13.0. The molecule has 6 N–H and O–H groups in total. The Bertz CT molecular complexity index is 1260. The van der Waals surface area contributed by atoms with Crippen molar-refractivity contribution in [3.63, 3.8) is 0 Å². The maximum atomic E-state index is 13.0. The van der Waals surface area contributed by atoms with Gasteiger partial charge in [-0.1, -0.05) is 211 Å². The van der Waals surface area contributed by atoms with Crippen molar-refractivity contribution in [1.82, 2.24) is 5.32 Å². The van der Waals surface area contributed by atoms with E-state index in [1.807, 2.05) is 6.08 Å². The first-order valence-electron chi connectivity index (χ1n) is 29.3. The number of amides is 1. The van der Waals surface area contributed by atoms with Crippen LogP contribution in [-0.2, 0) is 23.8 Å². The third-order valence-corrected chi connectivity index (χ3v) is 13.7. The lowest BCUT2D eigenvalue weighted by atomic mass is 9.99. The fourth-order valence-electron chi connectivity index (χ4n) is 9.00. The van der Waals surface area contributed by atoms with Crippen LogP contribution in [0.2, 0.25) is 0 Å². The summed E-state index contributed by atoms with van der Waals surface area (Å²) in [6.45, 7) is 4.26. The smallest absolute Gasteiger partial charge is 0.305 e. The molecule has 410 valence electrons. The van der Waals surface area contributed by atoms with Crippen LogP contribution in [0.5, 0.6) is 0 Å². The average molecular weight is 993 g/mol. The predicted molar refractivity (Wildman–Crippen MR) is 287 cm³/mol. The highest BCUT2D eigenvalue weighted by atomic mass is 16.7. The minimum atomic E-state index is -1.57. The molecule has 0 aliphatic carbocycles. The minimum absolute atomic E-state index is 0.0141. The minimum Gasteiger partial charge on any atom is -0.466 e. The first kappa shape index (κ1) is 65.9. The molecule has 0 aromatic carbocycles. The Hall–Kier alpha value is -2.12. The second-order valence-electron chi connectivity index (χ2n) is 20.3. The largest absolute Gasteiger partial charge is 0.466 e. The summed E-state index contributed by atoms with van der Waals surface area (Å²) in [5, 5.41) is 54.2. The van der Waals surface area contributed by atoms with E-state index in [0.717, 1.165) is 77.0 Å². The molecule has 1 aliphatic heterocycles. The molecule has 0 aromatic heterocycles. The molecule has 1 fully saturated rings. The zero-order valence-corrected chi connectivity index (χ0v) is 45.0. The molecule has 1 amide bonds. The Morgan fingerprint density at radius 3 is 1.41 bits per heavy atom. The highest BCUT2D eigenvalue weighted by Crippen LogP contribution is 2.23. The summed E-state index contributed by atoms with van der Waals surface area (Å²) in [6, 6.07) is -0.813. The highest BCUT2D eigenvalue weighted by Gasteiger charge is 2.44. The molecule has 0 bridgehead atoms. The van der Waals surface area contributed by atoms with E-state index < -0.39 is 49.5 Å². The lowest BCUT2D eigenvalue weighted by Gasteiger charge is -2.40. The van der Waals surface area contributed by atoms with E-state index in [4.69, 9.17) is 14.2 Å². The van der Waals surface area contributed by atoms with E-state index in [1.165, 1.54) is 161 Å². The Balaban J connectivity index is 2.03. The van der Waals surface area contributed by atoms with Crippen molar-refractivity contribution < 1.29 is 49.3 Å². The number of esters is 1. The summed E-state index contributed by atoms with van der Waals surface area (Å²) in [4.78, 5) is 25.0. The van der Waals surface area contributed by atoms with Gasteiger partial charge in [-0.25, -0.2) is 0 Å². The second-order valence-corrected chi connectivity index (χ2v) is 20.3. The van der Waals surface area contributed by atoms with Crippen molar-refractivity contribution >= 4 is 11.9 Å². The summed E-state index contributed by atoms with van der Waals surface area (Å²) < 4.78 is 16.6. The first-order chi connectivity index (χ1) is 34.2. The molecule has 1 saturated heterocycles. The van der Waals surface area contributed by atoms with Crippen molar-refractivity contribution in [2.75, 3.05) is 19.8 Å². The monoisotopic (exact) mass is 992 g/mol. The lowest BCUT2D eigenvalue weighted by molar-refractivity contribution is -0.302. The lowest BCUT2D eigenvalue weighted by Crippen LogP contribution is -2.60. The number of unbranched alkanes of at least 4 members (excludes halogenated alkanes) is 32. The van der Waals surface area contributed by atoms with Crippen LogP contribution in [0.4, 0.5) is 0 Å². The topological polar surface area (TPSA) is 175 Å². The number of aliphatic hydroxyl groups is 5. The van der Waals surface area contributed by atoms with Gasteiger partial charge < -0.3 is 45.1 Å². The van der Waals surface area contributed by atoms with Gasteiger partial charge in [-0.3, -0.25) is 9.59 Å². The van der Waals surface area contributed by atoms with Gasteiger partial charge in [-0.15, -0.1) is 0 Å². The molecular weight excluding hydrogens is 883 g/mol. The van der Waals surface area contributed by atoms with Gasteiger partial charge in [0.05, 0.1) is 32.0 Å². The number of aliphatic hydroxyl groups excluding tert-OH is 5. The Morgan fingerprint density at radius 2 is 0.929 bits per heavy atom. The first-order valence-corrected chi connectivity index (χ1v) is 29.3.